The van der Waals surface area contributed by atoms with E-state index in [0.717, 1.165) is 13.0 Å². The van der Waals surface area contributed by atoms with E-state index in [1.165, 1.54) is 6.92 Å². The van der Waals surface area contributed by atoms with E-state index in [9.17, 15) is 9.59 Å². The number of hydrogen-bond acceptors (Lipinski definition) is 3. The first-order valence-corrected chi connectivity index (χ1v) is 5.38. The van der Waals surface area contributed by atoms with Gasteiger partial charge in [0.15, 0.2) is 0 Å². The second kappa shape index (κ2) is 5.69. The average molecular weight is 230 g/mol. The number of carbonyl (C=O) groups excluding carboxylic acids is 1. The quantitative estimate of drug-likeness (QED) is 0.643. The molecule has 1 heterocycles. The summed E-state index contributed by atoms with van der Waals surface area (Å²) in [5.41, 5.74) is 0. The summed E-state index contributed by atoms with van der Waals surface area (Å²) in [7, 11) is 0. The van der Waals surface area contributed by atoms with Crippen LogP contribution < -0.4 is 10.6 Å². The fraction of sp³-hybridized carbons (Fsp3) is 0.800. The molecule has 1 fully saturated rings. The number of ether oxygens (including phenoxy) is 1. The normalized spacial score (nSPS) is 23.5. The van der Waals surface area contributed by atoms with Crippen LogP contribution in [0.4, 0.5) is 4.79 Å². The van der Waals surface area contributed by atoms with Gasteiger partial charge in [0, 0.05) is 18.6 Å². The number of carboxylic acid groups (broad SMARTS) is 1. The van der Waals surface area contributed by atoms with E-state index in [4.69, 9.17) is 9.84 Å². The number of amides is 2. The highest BCUT2D eigenvalue weighted by Gasteiger charge is 2.24. The Labute approximate surface area is 94.3 Å². The molecule has 0 spiro atoms. The molecule has 1 aliphatic rings. The second-order valence-electron chi connectivity index (χ2n) is 4.09. The molecule has 2 unspecified atom stereocenters. The van der Waals surface area contributed by atoms with Crippen molar-refractivity contribution in [3.8, 4) is 0 Å². The van der Waals surface area contributed by atoms with Gasteiger partial charge in [0.25, 0.3) is 0 Å². The van der Waals surface area contributed by atoms with Crippen molar-refractivity contribution in [2.24, 2.45) is 5.92 Å². The molecule has 6 heteroatoms. The monoisotopic (exact) mass is 230 g/mol. The number of aliphatic carboxylic acids is 1. The Balaban J connectivity index is 2.30. The Morgan fingerprint density at radius 3 is 2.56 bits per heavy atom. The summed E-state index contributed by atoms with van der Waals surface area (Å²) in [4.78, 5) is 21.9. The van der Waals surface area contributed by atoms with Gasteiger partial charge in [0.2, 0.25) is 0 Å². The van der Waals surface area contributed by atoms with Gasteiger partial charge in [-0.15, -0.1) is 0 Å². The van der Waals surface area contributed by atoms with E-state index in [1.807, 2.05) is 6.92 Å². The highest BCUT2D eigenvalue weighted by molar-refractivity contribution is 5.82. The van der Waals surface area contributed by atoms with Crippen molar-refractivity contribution in [2.75, 3.05) is 13.2 Å². The molecule has 0 aromatic carbocycles. The minimum atomic E-state index is -1.05. The smallest absolute Gasteiger partial charge is 0.325 e. The number of hydrogen-bond donors (Lipinski definition) is 3. The SMILES string of the molecule is CC(NC(=O)N[C@H](C)C(=O)O)C1CCOC1. The molecule has 92 valence electrons. The molecule has 1 rings (SSSR count). The molecule has 0 aromatic rings. The third-order valence-electron chi connectivity index (χ3n) is 2.75. The van der Waals surface area contributed by atoms with Gasteiger partial charge >= 0.3 is 12.0 Å². The summed E-state index contributed by atoms with van der Waals surface area (Å²) in [5.74, 6) is -0.738. The predicted octanol–water partition coefficient (Wildman–Crippen LogP) is 0.184. The summed E-state index contributed by atoms with van der Waals surface area (Å²) in [6.45, 7) is 4.69. The molecule has 0 saturated carbocycles. The van der Waals surface area contributed by atoms with Crippen LogP contribution in [-0.4, -0.2) is 42.4 Å². The van der Waals surface area contributed by atoms with E-state index >= 15 is 0 Å². The highest BCUT2D eigenvalue weighted by Crippen LogP contribution is 2.16. The first-order chi connectivity index (χ1) is 7.50. The van der Waals surface area contributed by atoms with Crippen LogP contribution >= 0.6 is 0 Å². The van der Waals surface area contributed by atoms with Crippen molar-refractivity contribution in [1.29, 1.82) is 0 Å². The molecule has 0 aromatic heterocycles. The van der Waals surface area contributed by atoms with Crippen LogP contribution in [0.3, 0.4) is 0 Å². The zero-order valence-corrected chi connectivity index (χ0v) is 9.53. The van der Waals surface area contributed by atoms with Crippen LogP contribution in [0.15, 0.2) is 0 Å². The molecule has 3 atom stereocenters. The first kappa shape index (κ1) is 12.8. The van der Waals surface area contributed by atoms with Crippen molar-refractivity contribution in [2.45, 2.75) is 32.4 Å². The van der Waals surface area contributed by atoms with Gasteiger partial charge in [-0.1, -0.05) is 0 Å². The largest absolute Gasteiger partial charge is 0.480 e. The van der Waals surface area contributed by atoms with Gasteiger partial charge in [-0.3, -0.25) is 4.79 Å². The van der Waals surface area contributed by atoms with Crippen molar-refractivity contribution < 1.29 is 19.4 Å². The molecule has 6 nitrogen and oxygen atoms in total. The number of carbonyl (C=O) groups is 2. The zero-order chi connectivity index (χ0) is 12.1. The Morgan fingerprint density at radius 2 is 2.06 bits per heavy atom. The van der Waals surface area contributed by atoms with Gasteiger partial charge in [-0.2, -0.15) is 0 Å². The van der Waals surface area contributed by atoms with Crippen LogP contribution in [0, 0.1) is 5.92 Å². The third kappa shape index (κ3) is 3.69. The lowest BCUT2D eigenvalue weighted by Gasteiger charge is -2.20. The predicted molar refractivity (Wildman–Crippen MR) is 57.2 cm³/mol. The van der Waals surface area contributed by atoms with Crippen molar-refractivity contribution in [1.82, 2.24) is 10.6 Å². The molecule has 16 heavy (non-hydrogen) atoms. The molecular formula is C10H18N2O4. The van der Waals surface area contributed by atoms with Crippen LogP contribution in [0.5, 0.6) is 0 Å². The molecule has 0 radical (unpaired) electrons. The third-order valence-corrected chi connectivity index (χ3v) is 2.75. The van der Waals surface area contributed by atoms with Gasteiger partial charge in [-0.05, 0) is 20.3 Å². The van der Waals surface area contributed by atoms with E-state index in [2.05, 4.69) is 10.6 Å². The summed E-state index contributed by atoms with van der Waals surface area (Å²) in [6.07, 6.45) is 0.927. The fourth-order valence-corrected chi connectivity index (χ4v) is 1.57. The Bertz CT molecular complexity index is 264. The standard InChI is InChI=1S/C10H18N2O4/c1-6(8-3-4-16-5-8)11-10(15)12-7(2)9(13)14/h6-8H,3-5H2,1-2H3,(H,13,14)(H2,11,12,15)/t6?,7-,8?/m1/s1. The first-order valence-electron chi connectivity index (χ1n) is 5.38. The van der Waals surface area contributed by atoms with E-state index in [0.29, 0.717) is 12.5 Å². The maximum atomic E-state index is 11.4. The van der Waals surface area contributed by atoms with Crippen molar-refractivity contribution in [3.05, 3.63) is 0 Å². The molecule has 0 bridgehead atoms. The van der Waals surface area contributed by atoms with E-state index < -0.39 is 18.0 Å². The maximum Gasteiger partial charge on any atom is 0.325 e. The second-order valence-corrected chi connectivity index (χ2v) is 4.09. The lowest BCUT2D eigenvalue weighted by Crippen LogP contribution is -2.49. The number of rotatable bonds is 4. The minimum absolute atomic E-state index is 0.0107. The summed E-state index contributed by atoms with van der Waals surface area (Å²) in [5, 5.41) is 13.7. The van der Waals surface area contributed by atoms with Gasteiger partial charge < -0.3 is 20.5 Å². The lowest BCUT2D eigenvalue weighted by atomic mass is 10.0. The van der Waals surface area contributed by atoms with Gasteiger partial charge in [-0.25, -0.2) is 4.79 Å². The lowest BCUT2D eigenvalue weighted by molar-refractivity contribution is -0.138. The van der Waals surface area contributed by atoms with Crippen LogP contribution in [0.1, 0.15) is 20.3 Å². The number of carboxylic acids is 1. The van der Waals surface area contributed by atoms with E-state index in [1.54, 1.807) is 0 Å². The number of nitrogens with one attached hydrogen (secondary N) is 2. The van der Waals surface area contributed by atoms with Crippen LogP contribution in [-0.2, 0) is 9.53 Å². The zero-order valence-electron chi connectivity index (χ0n) is 9.53. The van der Waals surface area contributed by atoms with Gasteiger partial charge in [0.05, 0.1) is 6.61 Å². The minimum Gasteiger partial charge on any atom is -0.480 e. The maximum absolute atomic E-state index is 11.4. The molecule has 0 aliphatic carbocycles. The molecule has 1 aliphatic heterocycles. The molecule has 1 saturated heterocycles. The molecule has 2 amide bonds. The van der Waals surface area contributed by atoms with E-state index in [-0.39, 0.29) is 6.04 Å². The topological polar surface area (TPSA) is 87.7 Å². The van der Waals surface area contributed by atoms with Crippen LogP contribution in [0.2, 0.25) is 0 Å². The summed E-state index contributed by atoms with van der Waals surface area (Å²) >= 11 is 0. The Hall–Kier alpha value is -1.30. The van der Waals surface area contributed by atoms with Gasteiger partial charge in [0.1, 0.15) is 6.04 Å². The summed E-state index contributed by atoms with van der Waals surface area (Å²) in [6, 6.07) is -1.34. The molecular weight excluding hydrogens is 212 g/mol. The average Bonchev–Trinajstić information content (AvgIpc) is 2.69. The number of urea groups is 1. The van der Waals surface area contributed by atoms with Crippen molar-refractivity contribution >= 4 is 12.0 Å². The molecule has 3 N–H and O–H groups in total. The van der Waals surface area contributed by atoms with Crippen molar-refractivity contribution in [3.63, 3.8) is 0 Å². The van der Waals surface area contributed by atoms with Crippen LogP contribution in [0.25, 0.3) is 0 Å². The fourth-order valence-electron chi connectivity index (χ4n) is 1.57. The Kier molecular flexibility index (Phi) is 4.54. The Morgan fingerprint density at radius 1 is 1.38 bits per heavy atom. The highest BCUT2D eigenvalue weighted by atomic mass is 16.5. The summed E-state index contributed by atoms with van der Waals surface area (Å²) < 4.78 is 5.21.